The van der Waals surface area contributed by atoms with E-state index in [0.29, 0.717) is 11.5 Å². The van der Waals surface area contributed by atoms with Crippen molar-refractivity contribution in [2.45, 2.75) is 6.04 Å². The normalized spacial score (nSPS) is 15.5. The molecule has 1 atom stereocenters. The molecule has 10 heteroatoms. The maximum Gasteiger partial charge on any atom is 0.221 e. The molecule has 0 fully saturated rings. The highest BCUT2D eigenvalue weighted by molar-refractivity contribution is 9.18. The number of para-hydroxylation sites is 2. The molecule has 1 aromatic heterocycles. The van der Waals surface area contributed by atoms with E-state index in [4.69, 9.17) is 9.47 Å². The Morgan fingerprint density at radius 3 is 2.15 bits per heavy atom. The summed E-state index contributed by atoms with van der Waals surface area (Å²) in [6.45, 7) is -0.903. The molecule has 0 radical (unpaired) electrons. The van der Waals surface area contributed by atoms with Crippen molar-refractivity contribution in [1.82, 2.24) is 15.1 Å². The molecule has 0 N–H and O–H groups in total. The van der Waals surface area contributed by atoms with Crippen LogP contribution in [0.3, 0.4) is 0 Å². The summed E-state index contributed by atoms with van der Waals surface area (Å²) in [5.41, 5.74) is -0.369. The van der Waals surface area contributed by atoms with Gasteiger partial charge in [-0.2, -0.15) is 5.12 Å². The number of aromatic nitrogens is 2. The van der Waals surface area contributed by atoms with Crippen molar-refractivity contribution in [3.63, 3.8) is 0 Å². The van der Waals surface area contributed by atoms with Gasteiger partial charge in [0.2, 0.25) is 11.6 Å². The third kappa shape index (κ3) is 5.34. The lowest BCUT2D eigenvalue weighted by Crippen LogP contribution is -2.46. The summed E-state index contributed by atoms with van der Waals surface area (Å²) in [4.78, 5) is 38.3. The van der Waals surface area contributed by atoms with Gasteiger partial charge in [0.25, 0.3) is 0 Å². The highest BCUT2D eigenvalue weighted by Crippen LogP contribution is 2.31. The second-order valence-corrected chi connectivity index (χ2v) is 7.84. The zero-order valence-corrected chi connectivity index (χ0v) is 19.3. The highest BCUT2D eigenvalue weighted by atomic mass is 79.9. The average molecular weight is 525 g/mol. The first kappa shape index (κ1) is 23.2. The zero-order chi connectivity index (χ0) is 23.9. The van der Waals surface area contributed by atoms with Crippen LogP contribution in [0, 0.1) is 0 Å². The van der Waals surface area contributed by atoms with E-state index >= 15 is 4.48 Å². The van der Waals surface area contributed by atoms with E-state index in [1.54, 1.807) is 60.7 Å². The fraction of sp³-hybridized carbons (Fsp3) is 0.125. The number of carbonyl (C=O) groups is 2. The third-order valence-corrected chi connectivity index (χ3v) is 5.33. The SMILES string of the molecule is O=C(COc1ccccc1)C1=C(c2cnccn2)N=C(Br)C(C(=O)COc2ccccc2)N1F. The van der Waals surface area contributed by atoms with Gasteiger partial charge in [-0.25, -0.2) is 4.99 Å². The predicted octanol–water partition coefficient (Wildman–Crippen LogP) is 3.80. The van der Waals surface area contributed by atoms with E-state index < -0.39 is 36.5 Å². The van der Waals surface area contributed by atoms with E-state index in [1.807, 2.05) is 0 Å². The van der Waals surface area contributed by atoms with Crippen LogP contribution in [-0.2, 0) is 9.59 Å². The van der Waals surface area contributed by atoms with Crippen LogP contribution in [0.25, 0.3) is 5.70 Å². The van der Waals surface area contributed by atoms with Crippen molar-refractivity contribution in [3.8, 4) is 11.5 Å². The van der Waals surface area contributed by atoms with Crippen LogP contribution in [0.5, 0.6) is 11.5 Å². The Labute approximate surface area is 202 Å². The largest absolute Gasteiger partial charge is 0.486 e. The van der Waals surface area contributed by atoms with Gasteiger partial charge in [0, 0.05) is 12.4 Å². The summed E-state index contributed by atoms with van der Waals surface area (Å²) in [7, 11) is 0. The molecule has 1 unspecified atom stereocenters. The number of benzene rings is 2. The fourth-order valence-corrected chi connectivity index (χ4v) is 3.75. The molecule has 1 aliphatic rings. The number of halogens is 2. The van der Waals surface area contributed by atoms with Gasteiger partial charge < -0.3 is 9.47 Å². The van der Waals surface area contributed by atoms with Crippen molar-refractivity contribution in [2.24, 2.45) is 4.99 Å². The number of ketones is 2. The van der Waals surface area contributed by atoms with Gasteiger partial charge in [-0.15, -0.1) is 0 Å². The number of aliphatic imine (C=N–C) groups is 1. The quantitative estimate of drug-likeness (QED) is 0.393. The molecule has 8 nitrogen and oxygen atoms in total. The van der Waals surface area contributed by atoms with Gasteiger partial charge in [0.1, 0.15) is 39.8 Å². The van der Waals surface area contributed by atoms with Gasteiger partial charge in [0.15, 0.2) is 12.6 Å². The molecule has 0 amide bonds. The van der Waals surface area contributed by atoms with E-state index in [2.05, 4.69) is 30.9 Å². The first-order chi connectivity index (χ1) is 16.5. The van der Waals surface area contributed by atoms with Crippen LogP contribution in [0.4, 0.5) is 4.48 Å². The Kier molecular flexibility index (Phi) is 7.38. The van der Waals surface area contributed by atoms with Crippen LogP contribution >= 0.6 is 15.9 Å². The van der Waals surface area contributed by atoms with Crippen molar-refractivity contribution in [3.05, 3.63) is 90.6 Å². The molecule has 0 aliphatic carbocycles. The third-order valence-electron chi connectivity index (χ3n) is 4.72. The van der Waals surface area contributed by atoms with Gasteiger partial charge in [-0.05, 0) is 40.2 Å². The standard InChI is InChI=1S/C24H18BrFN4O4/c25-24-23(20(32)15-34-17-9-5-2-6-10-17)30(26)22(21(29-24)18-13-27-11-12-28-18)19(31)14-33-16-7-3-1-4-8-16/h1-13,23H,14-15H2. The number of rotatable bonds is 9. The number of nitrogens with zero attached hydrogens (tertiary/aromatic N) is 4. The second-order valence-electron chi connectivity index (χ2n) is 7.03. The van der Waals surface area contributed by atoms with Gasteiger partial charge >= 0.3 is 0 Å². The van der Waals surface area contributed by atoms with Crippen LogP contribution in [-0.4, -0.2) is 50.5 Å². The molecule has 34 heavy (non-hydrogen) atoms. The summed E-state index contributed by atoms with van der Waals surface area (Å²) in [6, 6.07) is 15.8. The number of carbonyl (C=O) groups excluding carboxylic acids is 2. The van der Waals surface area contributed by atoms with Gasteiger partial charge in [0.05, 0.1) is 6.20 Å². The molecule has 0 bridgehead atoms. The molecule has 4 rings (SSSR count). The summed E-state index contributed by atoms with van der Waals surface area (Å²) < 4.78 is 26.6. The van der Waals surface area contributed by atoms with Crippen LogP contribution in [0.15, 0.2) is 89.9 Å². The molecular formula is C24H18BrFN4O4. The van der Waals surface area contributed by atoms with Crippen molar-refractivity contribution in [1.29, 1.82) is 0 Å². The Morgan fingerprint density at radius 1 is 0.941 bits per heavy atom. The second kappa shape index (κ2) is 10.8. The van der Waals surface area contributed by atoms with E-state index in [0.717, 1.165) is 0 Å². The van der Waals surface area contributed by atoms with E-state index in [9.17, 15) is 9.59 Å². The molecule has 3 aromatic rings. The average Bonchev–Trinajstić information content (AvgIpc) is 2.87. The molecule has 2 heterocycles. The van der Waals surface area contributed by atoms with Crippen molar-refractivity contribution < 1.29 is 23.5 Å². The monoisotopic (exact) mass is 524 g/mol. The predicted molar refractivity (Wildman–Crippen MR) is 126 cm³/mol. The zero-order valence-electron chi connectivity index (χ0n) is 17.7. The van der Waals surface area contributed by atoms with E-state index in [1.165, 1.54) is 18.6 Å². The first-order valence-electron chi connectivity index (χ1n) is 10.2. The Hall–Kier alpha value is -3.92. The Morgan fingerprint density at radius 2 is 1.56 bits per heavy atom. The summed E-state index contributed by atoms with van der Waals surface area (Å²) in [5.74, 6) is -0.479. The Balaban J connectivity index is 1.60. The maximum absolute atomic E-state index is 15.7. The van der Waals surface area contributed by atoms with Gasteiger partial charge in [-0.3, -0.25) is 19.6 Å². The highest BCUT2D eigenvalue weighted by Gasteiger charge is 2.40. The maximum atomic E-state index is 15.7. The number of ether oxygens (including phenoxy) is 2. The van der Waals surface area contributed by atoms with Crippen molar-refractivity contribution in [2.75, 3.05) is 13.2 Å². The summed E-state index contributed by atoms with van der Waals surface area (Å²) >= 11 is 3.18. The molecule has 2 aromatic carbocycles. The first-order valence-corrected chi connectivity index (χ1v) is 10.9. The molecular weight excluding hydrogens is 507 g/mol. The number of hydrogen-bond donors (Lipinski definition) is 0. The molecule has 0 saturated heterocycles. The number of hydrogen-bond acceptors (Lipinski definition) is 8. The lowest BCUT2D eigenvalue weighted by molar-refractivity contribution is -0.130. The molecule has 0 saturated carbocycles. The molecule has 172 valence electrons. The molecule has 1 aliphatic heterocycles. The van der Waals surface area contributed by atoms with Gasteiger partial charge in [-0.1, -0.05) is 40.9 Å². The lowest BCUT2D eigenvalue weighted by atomic mass is 10.1. The van der Waals surface area contributed by atoms with Crippen LogP contribution in [0.2, 0.25) is 0 Å². The minimum Gasteiger partial charge on any atom is -0.486 e. The van der Waals surface area contributed by atoms with Crippen LogP contribution in [0.1, 0.15) is 5.69 Å². The van der Waals surface area contributed by atoms with Crippen molar-refractivity contribution >= 4 is 37.8 Å². The fourth-order valence-electron chi connectivity index (χ4n) is 3.14. The smallest absolute Gasteiger partial charge is 0.221 e. The molecule has 0 spiro atoms. The summed E-state index contributed by atoms with van der Waals surface area (Å²) in [6.07, 6.45) is 4.17. The minimum atomic E-state index is -1.51. The van der Waals surface area contributed by atoms with E-state index in [-0.39, 0.29) is 21.1 Å². The lowest BCUT2D eigenvalue weighted by Gasteiger charge is -2.29. The number of Topliss-reactive ketones (excluding diaryl/α,β-unsaturated/α-hetero) is 2. The Bertz CT molecular complexity index is 1220. The summed E-state index contributed by atoms with van der Waals surface area (Å²) in [5, 5.41) is 0.0778. The topological polar surface area (TPSA) is 94.0 Å². The van der Waals surface area contributed by atoms with Crippen LogP contribution < -0.4 is 9.47 Å². The minimum absolute atomic E-state index is 0.0298.